The van der Waals surface area contributed by atoms with Crippen molar-refractivity contribution < 1.29 is 19.4 Å². The van der Waals surface area contributed by atoms with E-state index in [-0.39, 0.29) is 19.0 Å². The molecule has 6 heteroatoms. The lowest BCUT2D eigenvalue weighted by Gasteiger charge is -2.26. The van der Waals surface area contributed by atoms with E-state index in [9.17, 15) is 9.59 Å². The Balaban J connectivity index is 2.71. The number of amides is 1. The summed E-state index contributed by atoms with van der Waals surface area (Å²) in [7, 11) is 0. The molecular weight excluding hydrogens is 212 g/mol. The quantitative estimate of drug-likeness (QED) is 0.680. The summed E-state index contributed by atoms with van der Waals surface area (Å²) in [4.78, 5) is 23.8. The summed E-state index contributed by atoms with van der Waals surface area (Å²) >= 11 is 0. The summed E-state index contributed by atoms with van der Waals surface area (Å²) in [5, 5.41) is 8.94. The van der Waals surface area contributed by atoms with E-state index < -0.39 is 23.7 Å². The fraction of sp³-hybridized carbons (Fsp3) is 0.800. The van der Waals surface area contributed by atoms with Crippen molar-refractivity contribution in [2.24, 2.45) is 5.73 Å². The lowest BCUT2D eigenvalue weighted by Crippen LogP contribution is -2.43. The van der Waals surface area contributed by atoms with Gasteiger partial charge in [0.2, 0.25) is 0 Å². The molecule has 0 aromatic carbocycles. The van der Waals surface area contributed by atoms with Gasteiger partial charge in [0.05, 0.1) is 0 Å². The molecule has 0 unspecified atom stereocenters. The molecule has 0 aromatic heterocycles. The van der Waals surface area contributed by atoms with Gasteiger partial charge >= 0.3 is 12.1 Å². The second-order valence-electron chi connectivity index (χ2n) is 4.98. The average molecular weight is 230 g/mol. The normalized spacial score (nSPS) is 25.6. The second-order valence-corrected chi connectivity index (χ2v) is 4.98. The monoisotopic (exact) mass is 230 g/mol. The van der Waals surface area contributed by atoms with Gasteiger partial charge in [0.1, 0.15) is 11.6 Å². The molecule has 92 valence electrons. The summed E-state index contributed by atoms with van der Waals surface area (Å²) in [6.07, 6.45) is -0.345. The first-order valence-electron chi connectivity index (χ1n) is 5.18. The van der Waals surface area contributed by atoms with E-state index in [1.54, 1.807) is 20.8 Å². The Hall–Kier alpha value is -1.30. The zero-order valence-corrected chi connectivity index (χ0v) is 9.77. The van der Waals surface area contributed by atoms with Gasteiger partial charge in [-0.15, -0.1) is 0 Å². The van der Waals surface area contributed by atoms with Crippen molar-refractivity contribution in [2.45, 2.75) is 44.9 Å². The molecule has 16 heavy (non-hydrogen) atoms. The van der Waals surface area contributed by atoms with E-state index in [2.05, 4.69) is 0 Å². The van der Waals surface area contributed by atoms with Crippen LogP contribution in [0.25, 0.3) is 0 Å². The van der Waals surface area contributed by atoms with Crippen molar-refractivity contribution in [3.8, 4) is 0 Å². The smallest absolute Gasteiger partial charge is 0.411 e. The molecule has 3 N–H and O–H groups in total. The average Bonchev–Trinajstić information content (AvgIpc) is 2.44. The van der Waals surface area contributed by atoms with Gasteiger partial charge in [-0.1, -0.05) is 0 Å². The molecule has 0 aromatic rings. The molecule has 0 spiro atoms. The fourth-order valence-electron chi connectivity index (χ4n) is 1.62. The Kier molecular flexibility index (Phi) is 3.42. The van der Waals surface area contributed by atoms with Crippen molar-refractivity contribution >= 4 is 12.1 Å². The third-order valence-electron chi connectivity index (χ3n) is 2.25. The number of likely N-dealkylation sites (tertiary alicyclic amines) is 1. The zero-order chi connectivity index (χ0) is 12.5. The molecule has 0 bridgehead atoms. The SMILES string of the molecule is CC(C)(C)OC(=O)N1C[C@H](N)C[C@H]1C(=O)O. The van der Waals surface area contributed by atoms with E-state index in [4.69, 9.17) is 15.6 Å². The second kappa shape index (κ2) is 4.29. The molecule has 0 aliphatic carbocycles. The summed E-state index contributed by atoms with van der Waals surface area (Å²) in [5.41, 5.74) is 5.01. The molecule has 1 rings (SSSR count). The fourth-order valence-corrected chi connectivity index (χ4v) is 1.62. The van der Waals surface area contributed by atoms with E-state index >= 15 is 0 Å². The van der Waals surface area contributed by atoms with Crippen LogP contribution in [0, 0.1) is 0 Å². The van der Waals surface area contributed by atoms with Gasteiger partial charge in [-0.05, 0) is 27.2 Å². The van der Waals surface area contributed by atoms with Crippen LogP contribution in [0.5, 0.6) is 0 Å². The van der Waals surface area contributed by atoms with Crippen molar-refractivity contribution in [1.82, 2.24) is 4.90 Å². The van der Waals surface area contributed by atoms with Crippen LogP contribution in [0.2, 0.25) is 0 Å². The standard InChI is InChI=1S/C10H18N2O4/c1-10(2,3)16-9(15)12-5-6(11)4-7(12)8(13)14/h6-7H,4-5,11H2,1-3H3,(H,13,14)/t6-,7+/m1/s1. The van der Waals surface area contributed by atoms with Gasteiger partial charge < -0.3 is 15.6 Å². The third-order valence-corrected chi connectivity index (χ3v) is 2.25. The first-order chi connectivity index (χ1) is 7.20. The number of carbonyl (C=O) groups excluding carboxylic acids is 1. The summed E-state index contributed by atoms with van der Waals surface area (Å²) in [6.45, 7) is 5.43. The minimum absolute atomic E-state index is 0.228. The highest BCUT2D eigenvalue weighted by atomic mass is 16.6. The zero-order valence-electron chi connectivity index (χ0n) is 9.77. The number of nitrogens with zero attached hydrogens (tertiary/aromatic N) is 1. The largest absolute Gasteiger partial charge is 0.480 e. The van der Waals surface area contributed by atoms with Crippen LogP contribution >= 0.6 is 0 Å². The van der Waals surface area contributed by atoms with Crippen LogP contribution in [0.15, 0.2) is 0 Å². The Bertz CT molecular complexity index is 298. The predicted octanol–water partition coefficient (Wildman–Crippen LogP) is 0.408. The van der Waals surface area contributed by atoms with E-state index in [0.717, 1.165) is 0 Å². The predicted molar refractivity (Wildman–Crippen MR) is 57.0 cm³/mol. The minimum atomic E-state index is -1.04. The molecule has 0 radical (unpaired) electrons. The van der Waals surface area contributed by atoms with Crippen LogP contribution in [-0.2, 0) is 9.53 Å². The van der Waals surface area contributed by atoms with Crippen molar-refractivity contribution in [3.63, 3.8) is 0 Å². The Morgan fingerprint density at radius 1 is 1.44 bits per heavy atom. The van der Waals surface area contributed by atoms with E-state index in [1.807, 2.05) is 0 Å². The van der Waals surface area contributed by atoms with E-state index in [0.29, 0.717) is 0 Å². The van der Waals surface area contributed by atoms with Crippen LogP contribution in [0.1, 0.15) is 27.2 Å². The number of aliphatic carboxylic acids is 1. The summed E-state index contributed by atoms with van der Waals surface area (Å²) in [5.74, 6) is -1.04. The van der Waals surface area contributed by atoms with E-state index in [1.165, 1.54) is 4.90 Å². The Labute approximate surface area is 94.3 Å². The molecule has 1 amide bonds. The van der Waals surface area contributed by atoms with Gasteiger partial charge in [0.25, 0.3) is 0 Å². The molecule has 1 saturated heterocycles. The molecule has 1 heterocycles. The number of carboxylic acid groups (broad SMARTS) is 1. The first-order valence-corrected chi connectivity index (χ1v) is 5.18. The number of nitrogens with two attached hydrogens (primary N) is 1. The van der Waals surface area contributed by atoms with Crippen molar-refractivity contribution in [1.29, 1.82) is 0 Å². The maximum Gasteiger partial charge on any atom is 0.411 e. The highest BCUT2D eigenvalue weighted by molar-refractivity contribution is 5.81. The highest BCUT2D eigenvalue weighted by Crippen LogP contribution is 2.20. The molecule has 6 nitrogen and oxygen atoms in total. The number of hydrogen-bond donors (Lipinski definition) is 2. The first kappa shape index (κ1) is 12.8. The third kappa shape index (κ3) is 3.10. The highest BCUT2D eigenvalue weighted by Gasteiger charge is 2.40. The maximum atomic E-state index is 11.7. The molecule has 1 aliphatic heterocycles. The van der Waals surface area contributed by atoms with Crippen LogP contribution in [-0.4, -0.2) is 46.3 Å². The maximum absolute atomic E-state index is 11.7. The van der Waals surface area contributed by atoms with Gasteiger partial charge in [-0.25, -0.2) is 9.59 Å². The molecule has 0 saturated carbocycles. The number of hydrogen-bond acceptors (Lipinski definition) is 4. The number of ether oxygens (including phenoxy) is 1. The van der Waals surface area contributed by atoms with Crippen molar-refractivity contribution in [2.75, 3.05) is 6.54 Å². The van der Waals surface area contributed by atoms with Crippen LogP contribution in [0.3, 0.4) is 0 Å². The van der Waals surface area contributed by atoms with Crippen molar-refractivity contribution in [3.05, 3.63) is 0 Å². The Morgan fingerprint density at radius 2 is 2.00 bits per heavy atom. The molecular formula is C10H18N2O4. The lowest BCUT2D eigenvalue weighted by atomic mass is 10.2. The number of rotatable bonds is 1. The van der Waals surface area contributed by atoms with Gasteiger partial charge in [-0.3, -0.25) is 4.90 Å². The summed E-state index contributed by atoms with van der Waals surface area (Å²) in [6, 6.07) is -1.17. The number of carboxylic acids is 1. The van der Waals surface area contributed by atoms with Gasteiger partial charge in [-0.2, -0.15) is 0 Å². The van der Waals surface area contributed by atoms with Gasteiger partial charge in [0.15, 0.2) is 0 Å². The minimum Gasteiger partial charge on any atom is -0.480 e. The Morgan fingerprint density at radius 3 is 2.44 bits per heavy atom. The lowest BCUT2D eigenvalue weighted by molar-refractivity contribution is -0.142. The van der Waals surface area contributed by atoms with Crippen LogP contribution in [0.4, 0.5) is 4.79 Å². The topological polar surface area (TPSA) is 92.9 Å². The summed E-state index contributed by atoms with van der Waals surface area (Å²) < 4.78 is 5.12. The molecule has 1 fully saturated rings. The van der Waals surface area contributed by atoms with Crippen LogP contribution < -0.4 is 5.73 Å². The molecule has 2 atom stereocenters. The molecule has 1 aliphatic rings. The number of carbonyl (C=O) groups is 2. The van der Waals surface area contributed by atoms with Gasteiger partial charge in [0, 0.05) is 12.6 Å².